The molecule has 0 saturated carbocycles. The van der Waals surface area contributed by atoms with Crippen LogP contribution >= 0.6 is 0 Å². The Morgan fingerprint density at radius 3 is 1.12 bits per heavy atom. The highest BCUT2D eigenvalue weighted by Gasteiger charge is 2.25. The Labute approximate surface area is 407 Å². The molecule has 0 aliphatic rings. The van der Waals surface area contributed by atoms with Crippen molar-refractivity contribution in [3.8, 4) is 0 Å². The van der Waals surface area contributed by atoms with E-state index in [-0.39, 0.29) is 32.2 Å². The van der Waals surface area contributed by atoms with E-state index in [4.69, 9.17) is 18.9 Å². The minimum Gasteiger partial charge on any atom is -0.477 e. The summed E-state index contributed by atoms with van der Waals surface area (Å²) in [5.41, 5.74) is 0. The first kappa shape index (κ1) is 63.8. The average Bonchev–Trinajstić information content (AvgIpc) is 3.28. The zero-order valence-electron chi connectivity index (χ0n) is 44.1. The predicted molar refractivity (Wildman–Crippen MR) is 277 cm³/mol. The lowest BCUT2D eigenvalue weighted by Gasteiger charge is -2.25. The van der Waals surface area contributed by atoms with E-state index in [0.717, 1.165) is 51.4 Å². The van der Waals surface area contributed by atoms with Crippen molar-refractivity contribution in [2.75, 3.05) is 47.5 Å². The van der Waals surface area contributed by atoms with Crippen molar-refractivity contribution in [1.29, 1.82) is 0 Å². The monoisotopic (exact) mass is 935 g/mol. The fourth-order valence-electron chi connectivity index (χ4n) is 8.06. The number of esters is 2. The van der Waals surface area contributed by atoms with Crippen LogP contribution in [0.4, 0.5) is 0 Å². The summed E-state index contributed by atoms with van der Waals surface area (Å²) < 4.78 is 22.8. The molecule has 0 aromatic rings. The van der Waals surface area contributed by atoms with Crippen LogP contribution in [0.2, 0.25) is 0 Å². The van der Waals surface area contributed by atoms with Gasteiger partial charge in [0.15, 0.2) is 6.10 Å². The van der Waals surface area contributed by atoms with Crippen molar-refractivity contribution >= 4 is 17.9 Å². The normalized spacial score (nSPS) is 12.9. The van der Waals surface area contributed by atoms with E-state index in [1.54, 1.807) is 0 Å². The van der Waals surface area contributed by atoms with Crippen molar-refractivity contribution in [3.63, 3.8) is 0 Å². The van der Waals surface area contributed by atoms with Gasteiger partial charge in [-0.1, -0.05) is 212 Å². The number of rotatable bonds is 52. The molecule has 2 atom stereocenters. The molecule has 9 nitrogen and oxygen atoms in total. The summed E-state index contributed by atoms with van der Waals surface area (Å²) in [6.07, 6.45) is 54.0. The third-order valence-corrected chi connectivity index (χ3v) is 12.4. The molecule has 0 saturated heterocycles. The van der Waals surface area contributed by atoms with Gasteiger partial charge in [-0.2, -0.15) is 0 Å². The first-order valence-corrected chi connectivity index (χ1v) is 28.0. The number of carbonyl (C=O) groups excluding carboxylic acids is 2. The van der Waals surface area contributed by atoms with Gasteiger partial charge in [0.25, 0.3) is 6.29 Å². The molecule has 1 N–H and O–H groups in total. The summed E-state index contributed by atoms with van der Waals surface area (Å²) in [7, 11) is 5.97. The minimum absolute atomic E-state index is 0.182. The fourth-order valence-corrected chi connectivity index (χ4v) is 8.06. The summed E-state index contributed by atoms with van der Waals surface area (Å²) in [5, 5.41) is 9.68. The van der Waals surface area contributed by atoms with E-state index >= 15 is 0 Å². The number of aliphatic carboxylic acids is 1. The second-order valence-corrected chi connectivity index (χ2v) is 20.2. The van der Waals surface area contributed by atoms with E-state index in [1.807, 2.05) is 21.1 Å². The molecule has 2 unspecified atom stereocenters. The van der Waals surface area contributed by atoms with Crippen LogP contribution in [0.25, 0.3) is 0 Å². The standard InChI is InChI=1S/C57H107NO8/c1-6-8-10-12-14-16-18-20-22-23-24-25-26-27-28-29-30-31-32-33-34-36-38-40-42-44-46-48-55(60)66-53(52-65-57(56(61)62)63-50-49-58(3,4)5)51-64-54(59)47-45-43-41-39-37-35-21-19-17-15-13-11-9-7-2/h19,21,23-24,53,57H,6-18,20,22,25-52H2,1-5H3/p+1/b21-19-,24-23-. The van der Waals surface area contributed by atoms with Gasteiger partial charge in [-0.25, -0.2) is 4.79 Å². The molecule has 0 aliphatic carbocycles. The fraction of sp³-hybridized carbons (Fsp3) is 0.877. The first-order valence-electron chi connectivity index (χ1n) is 28.0. The number of nitrogens with zero attached hydrogens (tertiary/aromatic N) is 1. The van der Waals surface area contributed by atoms with Gasteiger partial charge in [-0.3, -0.25) is 9.59 Å². The molecule has 0 aromatic heterocycles. The molecule has 0 radical (unpaired) electrons. The van der Waals surface area contributed by atoms with E-state index in [1.165, 1.54) is 186 Å². The lowest BCUT2D eigenvalue weighted by atomic mass is 10.0. The number of likely N-dealkylation sites (N-methyl/N-ethyl adjacent to an activating group) is 1. The molecule has 0 bridgehead atoms. The molecule has 0 aromatic carbocycles. The van der Waals surface area contributed by atoms with Crippen LogP contribution < -0.4 is 0 Å². The SMILES string of the molecule is CCCCCCC/C=C\CCCCCCCC(=O)OCC(COC(OCC[N+](C)(C)C)C(=O)O)OC(=O)CCCCCCCCCCCCCCCCC/C=C\CCCCCCCCCC. The number of carboxylic acid groups (broad SMARTS) is 1. The van der Waals surface area contributed by atoms with Crippen LogP contribution in [0.5, 0.6) is 0 Å². The highest BCUT2D eigenvalue weighted by molar-refractivity contribution is 5.71. The maximum Gasteiger partial charge on any atom is 0.361 e. The van der Waals surface area contributed by atoms with Crippen molar-refractivity contribution in [1.82, 2.24) is 0 Å². The number of hydrogen-bond donors (Lipinski definition) is 1. The smallest absolute Gasteiger partial charge is 0.361 e. The van der Waals surface area contributed by atoms with Gasteiger partial charge in [0.05, 0.1) is 34.4 Å². The minimum atomic E-state index is -1.51. The molecule has 388 valence electrons. The number of quaternary nitrogens is 1. The Bertz CT molecular complexity index is 1130. The molecule has 66 heavy (non-hydrogen) atoms. The predicted octanol–water partition coefficient (Wildman–Crippen LogP) is 16.0. The Kier molecular flexibility index (Phi) is 47.5. The van der Waals surface area contributed by atoms with Gasteiger partial charge >= 0.3 is 17.9 Å². The highest BCUT2D eigenvalue weighted by atomic mass is 16.7. The average molecular weight is 935 g/mol. The molecule has 0 amide bonds. The molecular formula is C57H108NO8+. The molecule has 0 spiro atoms. The van der Waals surface area contributed by atoms with Gasteiger partial charge in [0, 0.05) is 12.8 Å². The lowest BCUT2D eigenvalue weighted by molar-refractivity contribution is -0.870. The summed E-state index contributed by atoms with van der Waals surface area (Å²) >= 11 is 0. The number of ether oxygens (including phenoxy) is 4. The maximum absolute atomic E-state index is 12.8. The molecule has 9 heteroatoms. The van der Waals surface area contributed by atoms with Crippen LogP contribution in [0.15, 0.2) is 24.3 Å². The zero-order valence-corrected chi connectivity index (χ0v) is 44.1. The highest BCUT2D eigenvalue weighted by Crippen LogP contribution is 2.16. The Balaban J connectivity index is 4.18. The summed E-state index contributed by atoms with van der Waals surface area (Å²) in [6, 6.07) is 0. The third-order valence-electron chi connectivity index (χ3n) is 12.4. The Morgan fingerprint density at radius 1 is 0.439 bits per heavy atom. The van der Waals surface area contributed by atoms with E-state index in [9.17, 15) is 19.5 Å². The molecule has 0 rings (SSSR count). The van der Waals surface area contributed by atoms with Crippen molar-refractivity contribution in [2.24, 2.45) is 0 Å². The van der Waals surface area contributed by atoms with E-state index in [2.05, 4.69) is 38.2 Å². The topological polar surface area (TPSA) is 108 Å². The van der Waals surface area contributed by atoms with Crippen LogP contribution in [-0.2, 0) is 33.3 Å². The van der Waals surface area contributed by atoms with Crippen LogP contribution in [-0.4, -0.2) is 87.4 Å². The third kappa shape index (κ3) is 49.7. The number of carbonyl (C=O) groups is 3. The van der Waals surface area contributed by atoms with E-state index in [0.29, 0.717) is 17.4 Å². The summed E-state index contributed by atoms with van der Waals surface area (Å²) in [4.78, 5) is 37.3. The van der Waals surface area contributed by atoms with Crippen LogP contribution in [0.1, 0.15) is 264 Å². The number of carboxylic acids is 1. The van der Waals surface area contributed by atoms with Crippen LogP contribution in [0, 0.1) is 0 Å². The summed E-state index contributed by atoms with van der Waals surface area (Å²) in [6.45, 7) is 4.89. The van der Waals surface area contributed by atoms with Crippen molar-refractivity contribution in [2.45, 2.75) is 277 Å². The second-order valence-electron chi connectivity index (χ2n) is 20.2. The van der Waals surface area contributed by atoms with Crippen LogP contribution in [0.3, 0.4) is 0 Å². The Morgan fingerprint density at radius 2 is 0.773 bits per heavy atom. The largest absolute Gasteiger partial charge is 0.477 e. The Hall–Kier alpha value is -2.23. The first-order chi connectivity index (χ1) is 32.1. The quantitative estimate of drug-likeness (QED) is 0.0211. The molecule has 0 aliphatic heterocycles. The number of allylic oxidation sites excluding steroid dienone is 4. The maximum atomic E-state index is 12.8. The second kappa shape index (κ2) is 49.2. The van der Waals surface area contributed by atoms with Gasteiger partial charge in [0.1, 0.15) is 13.2 Å². The molecular weight excluding hydrogens is 827 g/mol. The zero-order chi connectivity index (χ0) is 48.4. The van der Waals surface area contributed by atoms with Gasteiger partial charge in [-0.05, 0) is 64.2 Å². The van der Waals surface area contributed by atoms with E-state index < -0.39 is 24.3 Å². The van der Waals surface area contributed by atoms with Gasteiger partial charge in [0.2, 0.25) is 0 Å². The number of hydrogen-bond acceptors (Lipinski definition) is 7. The molecule has 0 fully saturated rings. The van der Waals surface area contributed by atoms with Gasteiger partial charge in [-0.15, -0.1) is 0 Å². The van der Waals surface area contributed by atoms with Crippen molar-refractivity contribution < 1.29 is 42.9 Å². The van der Waals surface area contributed by atoms with Crippen molar-refractivity contribution in [3.05, 3.63) is 24.3 Å². The summed E-state index contributed by atoms with van der Waals surface area (Å²) in [5.74, 6) is -2.00. The number of unbranched alkanes of at least 4 members (excludes halogenated alkanes) is 33. The molecule has 0 heterocycles. The van der Waals surface area contributed by atoms with Gasteiger partial charge < -0.3 is 28.5 Å². The lowest BCUT2D eigenvalue weighted by Crippen LogP contribution is -2.40.